The predicted molar refractivity (Wildman–Crippen MR) is 83.2 cm³/mol. The van der Waals surface area contributed by atoms with E-state index in [4.69, 9.17) is 0 Å². The van der Waals surface area contributed by atoms with E-state index in [9.17, 15) is 21.6 Å². The number of hydrogen-bond acceptors (Lipinski definition) is 4. The normalized spacial score (nSPS) is 16.2. The zero-order valence-corrected chi connectivity index (χ0v) is 14.5. The van der Waals surface area contributed by atoms with Gasteiger partial charge < -0.3 is 4.57 Å². The van der Waals surface area contributed by atoms with Crippen molar-refractivity contribution in [2.45, 2.75) is 43.9 Å². The highest BCUT2D eigenvalue weighted by Crippen LogP contribution is 2.30. The molecule has 10 heteroatoms. The number of benzene rings is 1. The molecule has 0 N–H and O–H groups in total. The number of rotatable bonds is 3. The van der Waals surface area contributed by atoms with Gasteiger partial charge in [-0.1, -0.05) is 26.0 Å². The lowest BCUT2D eigenvalue weighted by Gasteiger charge is -2.27. The van der Waals surface area contributed by atoms with Gasteiger partial charge >= 0.3 is 6.18 Å². The van der Waals surface area contributed by atoms with Crippen LogP contribution in [0.1, 0.15) is 37.0 Å². The van der Waals surface area contributed by atoms with E-state index in [1.807, 2.05) is 13.8 Å². The highest BCUT2D eigenvalue weighted by atomic mass is 32.2. The summed E-state index contributed by atoms with van der Waals surface area (Å²) in [5, 5.41) is 6.66. The van der Waals surface area contributed by atoms with Crippen molar-refractivity contribution in [2.75, 3.05) is 6.54 Å². The van der Waals surface area contributed by atoms with Gasteiger partial charge in [-0.2, -0.15) is 17.5 Å². The van der Waals surface area contributed by atoms with Crippen molar-refractivity contribution in [3.63, 3.8) is 0 Å². The van der Waals surface area contributed by atoms with Crippen molar-refractivity contribution in [1.29, 1.82) is 0 Å². The molecule has 0 amide bonds. The molecule has 136 valence electrons. The van der Waals surface area contributed by atoms with E-state index in [-0.39, 0.29) is 36.3 Å². The molecule has 0 bridgehead atoms. The molecule has 25 heavy (non-hydrogen) atoms. The highest BCUT2D eigenvalue weighted by molar-refractivity contribution is 7.89. The van der Waals surface area contributed by atoms with Crippen LogP contribution in [0.5, 0.6) is 0 Å². The molecule has 1 aliphatic rings. The van der Waals surface area contributed by atoms with Gasteiger partial charge in [0.15, 0.2) is 0 Å². The first-order valence-electron chi connectivity index (χ1n) is 7.70. The molecule has 1 aliphatic heterocycles. The smallest absolute Gasteiger partial charge is 0.305 e. The lowest BCUT2D eigenvalue weighted by atomic mass is 10.0. The number of fused-ring (bicyclic) bond motifs is 1. The molecule has 1 aromatic heterocycles. The van der Waals surface area contributed by atoms with E-state index >= 15 is 0 Å². The zero-order chi connectivity index (χ0) is 18.4. The van der Waals surface area contributed by atoms with Gasteiger partial charge in [0.05, 0.1) is 11.4 Å². The third-order valence-electron chi connectivity index (χ3n) is 4.16. The fourth-order valence-corrected chi connectivity index (χ4v) is 4.11. The fourth-order valence-electron chi connectivity index (χ4n) is 2.72. The van der Waals surface area contributed by atoms with Crippen LogP contribution < -0.4 is 0 Å². The third-order valence-corrected chi connectivity index (χ3v) is 6.02. The van der Waals surface area contributed by atoms with Crippen LogP contribution in [0, 0.1) is 0 Å². The maximum absolute atomic E-state index is 12.9. The van der Waals surface area contributed by atoms with Crippen molar-refractivity contribution in [1.82, 2.24) is 19.1 Å². The van der Waals surface area contributed by atoms with Gasteiger partial charge in [0.25, 0.3) is 0 Å². The first kappa shape index (κ1) is 17.9. The maximum Gasteiger partial charge on any atom is 0.451 e. The van der Waals surface area contributed by atoms with Crippen molar-refractivity contribution in [3.05, 3.63) is 41.5 Å². The molecule has 0 aliphatic carbocycles. The summed E-state index contributed by atoms with van der Waals surface area (Å²) in [4.78, 5) is 0.112. The van der Waals surface area contributed by atoms with Gasteiger partial charge in [-0.15, -0.1) is 10.2 Å². The molecule has 0 saturated heterocycles. The van der Waals surface area contributed by atoms with Gasteiger partial charge in [-0.05, 0) is 23.6 Å². The Morgan fingerprint density at radius 1 is 1.08 bits per heavy atom. The topological polar surface area (TPSA) is 68.1 Å². The number of halogens is 3. The Morgan fingerprint density at radius 3 is 2.28 bits per heavy atom. The van der Waals surface area contributed by atoms with Crippen LogP contribution in [0.25, 0.3) is 0 Å². The van der Waals surface area contributed by atoms with Crippen molar-refractivity contribution < 1.29 is 21.6 Å². The molecule has 0 unspecified atom stereocenters. The monoisotopic (exact) mass is 374 g/mol. The molecular weight excluding hydrogens is 357 g/mol. The molecule has 0 radical (unpaired) electrons. The lowest BCUT2D eigenvalue weighted by Crippen LogP contribution is -2.39. The Balaban J connectivity index is 1.87. The Hall–Kier alpha value is -1.94. The van der Waals surface area contributed by atoms with Gasteiger partial charge in [0, 0.05) is 13.1 Å². The Kier molecular flexibility index (Phi) is 4.36. The molecule has 3 rings (SSSR count). The first-order valence-corrected chi connectivity index (χ1v) is 9.14. The van der Waals surface area contributed by atoms with Crippen LogP contribution in [0.3, 0.4) is 0 Å². The van der Waals surface area contributed by atoms with Crippen molar-refractivity contribution in [3.8, 4) is 0 Å². The Bertz CT molecular complexity index is 873. The van der Waals surface area contributed by atoms with Gasteiger partial charge in [0.1, 0.15) is 5.82 Å². The van der Waals surface area contributed by atoms with Gasteiger partial charge in [0.2, 0.25) is 15.8 Å². The molecule has 1 aromatic carbocycles. The van der Waals surface area contributed by atoms with E-state index < -0.39 is 22.0 Å². The summed E-state index contributed by atoms with van der Waals surface area (Å²) in [6, 6.07) is 6.52. The summed E-state index contributed by atoms with van der Waals surface area (Å²) in [5.41, 5.74) is 1.01. The van der Waals surface area contributed by atoms with Gasteiger partial charge in [-0.3, -0.25) is 0 Å². The molecule has 0 spiro atoms. The lowest BCUT2D eigenvalue weighted by molar-refractivity contribution is -0.147. The number of aromatic nitrogens is 3. The second-order valence-corrected chi connectivity index (χ2v) is 8.09. The molecule has 0 saturated carbocycles. The van der Waals surface area contributed by atoms with Crippen LogP contribution in [0.2, 0.25) is 0 Å². The SMILES string of the molecule is CC(C)c1ccc(S(=O)(=O)N2CCn3c(nnc3C(F)(F)F)C2)cc1. The van der Waals surface area contributed by atoms with E-state index in [0.717, 1.165) is 14.4 Å². The molecule has 6 nitrogen and oxygen atoms in total. The molecule has 2 aromatic rings. The van der Waals surface area contributed by atoms with Crippen LogP contribution >= 0.6 is 0 Å². The minimum Gasteiger partial charge on any atom is -0.305 e. The first-order chi connectivity index (χ1) is 11.6. The van der Waals surface area contributed by atoms with Gasteiger partial charge in [-0.25, -0.2) is 8.42 Å². The van der Waals surface area contributed by atoms with E-state index in [0.29, 0.717) is 0 Å². The third kappa shape index (κ3) is 3.28. The van der Waals surface area contributed by atoms with Crippen molar-refractivity contribution >= 4 is 10.0 Å². The van der Waals surface area contributed by atoms with E-state index in [1.54, 1.807) is 12.1 Å². The average Bonchev–Trinajstić information content (AvgIpc) is 2.98. The molecular formula is C15H17F3N4O2S. The Morgan fingerprint density at radius 2 is 1.72 bits per heavy atom. The largest absolute Gasteiger partial charge is 0.451 e. The molecule has 2 heterocycles. The number of hydrogen-bond donors (Lipinski definition) is 0. The predicted octanol–water partition coefficient (Wildman–Crippen LogP) is 2.62. The summed E-state index contributed by atoms with van der Waals surface area (Å²) in [7, 11) is -3.80. The quantitative estimate of drug-likeness (QED) is 0.828. The number of alkyl halides is 3. The minimum absolute atomic E-state index is 0.0130. The maximum atomic E-state index is 12.9. The zero-order valence-electron chi connectivity index (χ0n) is 13.7. The second-order valence-electron chi connectivity index (χ2n) is 6.15. The number of sulfonamides is 1. The van der Waals surface area contributed by atoms with Crippen LogP contribution in [0.4, 0.5) is 13.2 Å². The van der Waals surface area contributed by atoms with Crippen LogP contribution in [0.15, 0.2) is 29.2 Å². The summed E-state index contributed by atoms with van der Waals surface area (Å²) in [6.45, 7) is 3.55. The summed E-state index contributed by atoms with van der Waals surface area (Å²) in [6.07, 6.45) is -4.61. The van der Waals surface area contributed by atoms with Crippen molar-refractivity contribution in [2.24, 2.45) is 0 Å². The Labute approximate surface area is 143 Å². The summed E-state index contributed by atoms with van der Waals surface area (Å²) >= 11 is 0. The van der Waals surface area contributed by atoms with Crippen LogP contribution in [-0.2, 0) is 29.3 Å². The van der Waals surface area contributed by atoms with Crippen LogP contribution in [-0.4, -0.2) is 34.0 Å². The van der Waals surface area contributed by atoms with E-state index in [2.05, 4.69) is 10.2 Å². The fraction of sp³-hybridized carbons (Fsp3) is 0.467. The molecule has 0 fully saturated rings. The summed E-state index contributed by atoms with van der Waals surface area (Å²) < 4.78 is 66.1. The summed E-state index contributed by atoms with van der Waals surface area (Å²) in [5.74, 6) is -0.840. The van der Waals surface area contributed by atoms with E-state index in [1.165, 1.54) is 12.1 Å². The minimum atomic E-state index is -4.61. The standard InChI is InChI=1S/C15H17F3N4O2S/c1-10(2)11-3-5-12(6-4-11)25(23,24)21-7-8-22-13(9-21)19-20-14(22)15(16,17)18/h3-6,10H,7-9H2,1-2H3. The second kappa shape index (κ2) is 6.10. The highest BCUT2D eigenvalue weighted by Gasteiger charge is 2.40. The average molecular weight is 374 g/mol. The molecule has 0 atom stereocenters. The number of nitrogens with zero attached hydrogens (tertiary/aromatic N) is 4.